The maximum Gasteiger partial charge on any atom is 1.00 e. The van der Waals surface area contributed by atoms with E-state index in [-0.39, 0.29) is 62.0 Å². The number of hydrogen-bond acceptors (Lipinski definition) is 2. The summed E-state index contributed by atoms with van der Waals surface area (Å²) in [7, 11) is -5.17. The van der Waals surface area contributed by atoms with Crippen molar-refractivity contribution in [1.82, 2.24) is 0 Å². The van der Waals surface area contributed by atoms with Crippen molar-refractivity contribution in [3.63, 3.8) is 0 Å². The minimum atomic E-state index is -5.17. The Balaban J connectivity index is -0.0000000133. The second-order valence-electron chi connectivity index (χ2n) is 0.412. The first-order valence-corrected chi connectivity index (χ1v) is 2.01. The van der Waals surface area contributed by atoms with Gasteiger partial charge in [0.15, 0.2) is 0 Å². The third-order valence-electron chi connectivity index (χ3n) is 0. The van der Waals surface area contributed by atoms with Crippen LogP contribution in [0.25, 0.3) is 0 Å². The van der Waals surface area contributed by atoms with Gasteiger partial charge in [0.2, 0.25) is 0 Å². The van der Waals surface area contributed by atoms with Gasteiger partial charge in [-0.3, -0.25) is 4.55 Å². The van der Waals surface area contributed by atoms with E-state index in [4.69, 9.17) is 13.0 Å². The molecule has 0 aliphatic heterocycles. The van der Waals surface area contributed by atoms with Crippen molar-refractivity contribution >= 4 is 10.5 Å². The van der Waals surface area contributed by atoms with Crippen molar-refractivity contribution in [1.29, 1.82) is 0 Å². The molecule has 0 heterocycles. The van der Waals surface area contributed by atoms with E-state index in [1.54, 1.807) is 0 Å². The first-order chi connectivity index (χ1) is 2.00. The molecule has 0 aromatic rings. The van der Waals surface area contributed by atoms with E-state index in [0.717, 1.165) is 0 Å². The molecule has 7 heteroatoms. The van der Waals surface area contributed by atoms with E-state index in [9.17, 15) is 3.89 Å². The molecule has 1 N–H and O–H groups in total. The molecule has 0 spiro atoms. The molecule has 36 valence electrons. The Bertz CT molecular complexity index is 103. The fraction of sp³-hybridized carbons (Fsp3) is 0. The molecule has 0 aliphatic carbocycles. The van der Waals surface area contributed by atoms with Crippen LogP contribution in [0.1, 0.15) is 2.85 Å². The summed E-state index contributed by atoms with van der Waals surface area (Å²) in [4.78, 5) is 0. The summed E-state index contributed by atoms with van der Waals surface area (Å²) < 4.78 is 34.1. The topological polar surface area (TPSA) is 54.4 Å². The molecule has 0 aromatic carbocycles. The standard InChI is InChI=1S/FHO3S.2Na.2H/c1-5(2,3)4;;;;/h(H,2,3,4);;;;/q;2*+1;2*-1. The Labute approximate surface area is 88.3 Å². The SMILES string of the molecule is O=S(=O)(O)F.[H-].[H-].[Na+].[Na+]. The van der Waals surface area contributed by atoms with Gasteiger partial charge < -0.3 is 2.85 Å². The smallest absolute Gasteiger partial charge is 1.00 e. The van der Waals surface area contributed by atoms with E-state index in [0.29, 0.717) is 0 Å². The van der Waals surface area contributed by atoms with Crippen LogP contribution in [0.15, 0.2) is 0 Å². The van der Waals surface area contributed by atoms with Crippen molar-refractivity contribution in [3.8, 4) is 0 Å². The molecule has 0 bridgehead atoms. The maximum absolute atomic E-state index is 10.2. The van der Waals surface area contributed by atoms with Gasteiger partial charge in [-0.05, 0) is 0 Å². The zero-order valence-electron chi connectivity index (χ0n) is 6.05. The van der Waals surface area contributed by atoms with Gasteiger partial charge in [0.1, 0.15) is 0 Å². The Morgan fingerprint density at radius 1 is 1.43 bits per heavy atom. The summed E-state index contributed by atoms with van der Waals surface area (Å²) in [5.41, 5.74) is 0. The van der Waals surface area contributed by atoms with E-state index >= 15 is 0 Å². The second kappa shape index (κ2) is 5.97. The molecule has 0 aliphatic rings. The molecule has 0 saturated carbocycles. The van der Waals surface area contributed by atoms with Gasteiger partial charge in [0, 0.05) is 0 Å². The van der Waals surface area contributed by atoms with Crippen LogP contribution in [-0.2, 0) is 10.5 Å². The molecule has 7 heavy (non-hydrogen) atoms. The van der Waals surface area contributed by atoms with Crippen molar-refractivity contribution < 1.29 is 78.8 Å². The van der Waals surface area contributed by atoms with Crippen molar-refractivity contribution in [2.45, 2.75) is 0 Å². The molecule has 0 saturated heterocycles. The van der Waals surface area contributed by atoms with Crippen LogP contribution in [-0.4, -0.2) is 13.0 Å². The minimum Gasteiger partial charge on any atom is -1.00 e. The monoisotopic (exact) mass is 148 g/mol. The van der Waals surface area contributed by atoms with Crippen LogP contribution in [0.5, 0.6) is 0 Å². The van der Waals surface area contributed by atoms with E-state index in [1.165, 1.54) is 0 Å². The average Bonchev–Trinajstić information content (AvgIpc) is 0.722. The van der Waals surface area contributed by atoms with Gasteiger partial charge in [-0.25, -0.2) is 0 Å². The molecule has 0 fully saturated rings. The third-order valence-corrected chi connectivity index (χ3v) is 0. The fourth-order valence-electron chi connectivity index (χ4n) is 0. The van der Waals surface area contributed by atoms with Crippen LogP contribution < -0.4 is 59.1 Å². The zero-order chi connectivity index (χ0) is 4.50. The van der Waals surface area contributed by atoms with Gasteiger partial charge in [0.25, 0.3) is 0 Å². The molecule has 0 atom stereocenters. The number of hydrogen-bond donors (Lipinski definition) is 1. The zero-order valence-corrected chi connectivity index (χ0v) is 8.87. The Kier molecular flexibility index (Phi) is 13.6. The molecule has 0 rings (SSSR count). The molecular formula is H3FNa2O3S. The fourth-order valence-corrected chi connectivity index (χ4v) is 0. The number of halogens is 1. The summed E-state index contributed by atoms with van der Waals surface area (Å²) in [5.74, 6) is 0. The Morgan fingerprint density at radius 2 is 1.43 bits per heavy atom. The second-order valence-corrected chi connectivity index (χ2v) is 1.24. The molecule has 0 aromatic heterocycles. The maximum atomic E-state index is 10.2. The van der Waals surface area contributed by atoms with Gasteiger partial charge in [-0.2, -0.15) is 8.42 Å². The minimum absolute atomic E-state index is 0. The van der Waals surface area contributed by atoms with Gasteiger partial charge in [-0.15, -0.1) is 0 Å². The van der Waals surface area contributed by atoms with Gasteiger partial charge >= 0.3 is 69.6 Å². The van der Waals surface area contributed by atoms with Crippen LogP contribution in [0.4, 0.5) is 3.89 Å². The summed E-state index contributed by atoms with van der Waals surface area (Å²) in [6, 6.07) is 0. The van der Waals surface area contributed by atoms with Crippen LogP contribution >= 0.6 is 0 Å². The first kappa shape index (κ1) is 15.9. The molecule has 0 amide bonds. The third kappa shape index (κ3) is 79.0. The normalized spacial score (nSPS) is 8.29. The van der Waals surface area contributed by atoms with Crippen LogP contribution in [0.2, 0.25) is 0 Å². The molecule has 3 nitrogen and oxygen atoms in total. The van der Waals surface area contributed by atoms with Gasteiger partial charge in [0.05, 0.1) is 0 Å². The summed E-state index contributed by atoms with van der Waals surface area (Å²) >= 11 is 0. The Morgan fingerprint density at radius 3 is 1.43 bits per heavy atom. The van der Waals surface area contributed by atoms with E-state index < -0.39 is 10.5 Å². The molecular weight excluding hydrogens is 145 g/mol. The van der Waals surface area contributed by atoms with Gasteiger partial charge in [-0.1, -0.05) is 3.89 Å². The molecule has 0 radical (unpaired) electrons. The van der Waals surface area contributed by atoms with Crippen molar-refractivity contribution in [2.75, 3.05) is 0 Å². The Hall–Kier alpha value is 1.84. The summed E-state index contributed by atoms with van der Waals surface area (Å²) in [6.45, 7) is 0. The molecule has 0 unspecified atom stereocenters. The summed E-state index contributed by atoms with van der Waals surface area (Å²) in [6.07, 6.45) is 0. The quantitative estimate of drug-likeness (QED) is 0.211. The van der Waals surface area contributed by atoms with E-state index in [1.807, 2.05) is 0 Å². The van der Waals surface area contributed by atoms with Crippen LogP contribution in [0, 0.1) is 0 Å². The van der Waals surface area contributed by atoms with E-state index in [2.05, 4.69) is 0 Å². The summed E-state index contributed by atoms with van der Waals surface area (Å²) in [5, 5.41) is 0. The first-order valence-electron chi connectivity index (χ1n) is 0.670. The van der Waals surface area contributed by atoms with Crippen molar-refractivity contribution in [3.05, 3.63) is 0 Å². The number of rotatable bonds is 0. The van der Waals surface area contributed by atoms with Crippen LogP contribution in [0.3, 0.4) is 0 Å². The van der Waals surface area contributed by atoms with Crippen molar-refractivity contribution in [2.24, 2.45) is 0 Å². The predicted molar refractivity (Wildman–Crippen MR) is 14.9 cm³/mol. The predicted octanol–water partition coefficient (Wildman–Crippen LogP) is -6.01. The largest absolute Gasteiger partial charge is 1.00 e. The average molecular weight is 148 g/mol.